The summed E-state index contributed by atoms with van der Waals surface area (Å²) in [5, 5.41) is 4.49. The maximum atomic E-state index is 4.49. The van der Waals surface area contributed by atoms with Crippen molar-refractivity contribution in [1.29, 1.82) is 0 Å². The molecule has 0 unspecified atom stereocenters. The van der Waals surface area contributed by atoms with Crippen LogP contribution in [0.2, 0.25) is 0 Å². The van der Waals surface area contributed by atoms with E-state index in [-0.39, 0.29) is 5.41 Å². The maximum Gasteiger partial charge on any atom is 0.111 e. The van der Waals surface area contributed by atoms with Gasteiger partial charge in [0.05, 0.1) is 12.3 Å². The predicted octanol–water partition coefficient (Wildman–Crippen LogP) is 2.08. The molecule has 0 N–H and O–H groups in total. The van der Waals surface area contributed by atoms with E-state index in [4.69, 9.17) is 0 Å². The molecule has 15 heavy (non-hydrogen) atoms. The Morgan fingerprint density at radius 3 is 2.53 bits per heavy atom. The lowest BCUT2D eigenvalue weighted by Crippen LogP contribution is -2.16. The summed E-state index contributed by atoms with van der Waals surface area (Å²) >= 11 is 0. The Kier molecular flexibility index (Phi) is 2.25. The van der Waals surface area contributed by atoms with Crippen LogP contribution in [0.5, 0.6) is 0 Å². The fourth-order valence-electron chi connectivity index (χ4n) is 1.83. The van der Waals surface area contributed by atoms with Crippen LogP contribution in [0.15, 0.2) is 23.2 Å². The minimum absolute atomic E-state index is 0.128. The van der Waals surface area contributed by atoms with Gasteiger partial charge < -0.3 is 0 Å². The van der Waals surface area contributed by atoms with Gasteiger partial charge in [-0.25, -0.2) is 0 Å². The van der Waals surface area contributed by atoms with Crippen molar-refractivity contribution in [2.75, 3.05) is 6.54 Å². The van der Waals surface area contributed by atoms with E-state index in [1.165, 1.54) is 5.69 Å². The van der Waals surface area contributed by atoms with Crippen molar-refractivity contribution in [3.05, 3.63) is 29.6 Å². The summed E-state index contributed by atoms with van der Waals surface area (Å²) in [6.45, 7) is 7.37. The topological polar surface area (TPSA) is 30.2 Å². The van der Waals surface area contributed by atoms with Crippen LogP contribution in [0.1, 0.15) is 32.2 Å². The highest BCUT2D eigenvalue weighted by Gasteiger charge is 2.20. The van der Waals surface area contributed by atoms with Crippen molar-refractivity contribution < 1.29 is 0 Å². The Balaban J connectivity index is 2.41. The van der Waals surface area contributed by atoms with E-state index in [9.17, 15) is 0 Å². The average Bonchev–Trinajstić information content (AvgIpc) is 2.68. The van der Waals surface area contributed by atoms with Crippen molar-refractivity contribution >= 4 is 5.71 Å². The molecule has 0 bridgehead atoms. The molecular formula is C12H17N3. The summed E-state index contributed by atoms with van der Waals surface area (Å²) in [5.74, 6) is 0. The summed E-state index contributed by atoms with van der Waals surface area (Å²) in [5.41, 5.74) is 3.35. The van der Waals surface area contributed by atoms with Gasteiger partial charge in [-0.3, -0.25) is 9.67 Å². The SMILES string of the molecule is Cn1nc(C2=NCC=C2)cc1C(C)(C)C. The zero-order valence-electron chi connectivity index (χ0n) is 9.78. The monoisotopic (exact) mass is 203 g/mol. The van der Waals surface area contributed by atoms with Crippen LogP contribution in [0, 0.1) is 0 Å². The molecule has 1 aliphatic rings. The quantitative estimate of drug-likeness (QED) is 0.687. The van der Waals surface area contributed by atoms with Gasteiger partial charge in [0.1, 0.15) is 5.69 Å². The van der Waals surface area contributed by atoms with Gasteiger partial charge in [0, 0.05) is 18.2 Å². The summed E-state index contributed by atoms with van der Waals surface area (Å²) < 4.78 is 1.95. The van der Waals surface area contributed by atoms with Gasteiger partial charge in [-0.15, -0.1) is 0 Å². The van der Waals surface area contributed by atoms with Crippen molar-refractivity contribution in [2.45, 2.75) is 26.2 Å². The molecule has 1 aliphatic heterocycles. The first kappa shape index (κ1) is 10.1. The molecule has 0 saturated heterocycles. The lowest BCUT2D eigenvalue weighted by molar-refractivity contribution is 0.523. The lowest BCUT2D eigenvalue weighted by Gasteiger charge is -2.17. The number of hydrogen-bond donors (Lipinski definition) is 0. The Hall–Kier alpha value is -1.38. The van der Waals surface area contributed by atoms with Gasteiger partial charge in [0.2, 0.25) is 0 Å². The molecule has 0 saturated carbocycles. The van der Waals surface area contributed by atoms with E-state index >= 15 is 0 Å². The van der Waals surface area contributed by atoms with Gasteiger partial charge in [0.25, 0.3) is 0 Å². The smallest absolute Gasteiger partial charge is 0.111 e. The van der Waals surface area contributed by atoms with Gasteiger partial charge in [0.15, 0.2) is 0 Å². The molecule has 2 rings (SSSR count). The largest absolute Gasteiger partial charge is 0.279 e. The molecule has 1 aromatic heterocycles. The van der Waals surface area contributed by atoms with Crippen LogP contribution < -0.4 is 0 Å². The Morgan fingerprint density at radius 2 is 2.07 bits per heavy atom. The molecule has 0 atom stereocenters. The van der Waals surface area contributed by atoms with Crippen LogP contribution in [0.25, 0.3) is 0 Å². The van der Waals surface area contributed by atoms with E-state index in [1.54, 1.807) is 0 Å². The van der Waals surface area contributed by atoms with Gasteiger partial charge in [-0.2, -0.15) is 5.10 Å². The van der Waals surface area contributed by atoms with E-state index in [1.807, 2.05) is 17.8 Å². The fraction of sp³-hybridized carbons (Fsp3) is 0.500. The minimum atomic E-state index is 0.128. The minimum Gasteiger partial charge on any atom is -0.279 e. The number of nitrogens with zero attached hydrogens (tertiary/aromatic N) is 3. The third kappa shape index (κ3) is 1.87. The Labute approximate surface area is 90.5 Å². The number of aromatic nitrogens is 2. The molecule has 0 amide bonds. The number of aryl methyl sites for hydroxylation is 1. The molecule has 3 nitrogen and oxygen atoms in total. The van der Waals surface area contributed by atoms with Crippen LogP contribution in [-0.2, 0) is 12.5 Å². The first-order valence-corrected chi connectivity index (χ1v) is 5.24. The highest BCUT2D eigenvalue weighted by molar-refractivity contribution is 6.08. The van der Waals surface area contributed by atoms with Crippen molar-refractivity contribution in [3.63, 3.8) is 0 Å². The predicted molar refractivity (Wildman–Crippen MR) is 62.5 cm³/mol. The number of hydrogen-bond acceptors (Lipinski definition) is 2. The second kappa shape index (κ2) is 3.33. The van der Waals surface area contributed by atoms with E-state index in [0.717, 1.165) is 18.0 Å². The summed E-state index contributed by atoms with van der Waals surface area (Å²) in [7, 11) is 1.99. The molecular weight excluding hydrogens is 186 g/mol. The first-order valence-electron chi connectivity index (χ1n) is 5.24. The number of rotatable bonds is 1. The molecule has 0 fully saturated rings. The van der Waals surface area contributed by atoms with Gasteiger partial charge in [-0.05, 0) is 12.1 Å². The van der Waals surface area contributed by atoms with Crippen LogP contribution in [0.4, 0.5) is 0 Å². The summed E-state index contributed by atoms with van der Waals surface area (Å²) in [4.78, 5) is 4.37. The number of allylic oxidation sites excluding steroid dienone is 1. The highest BCUT2D eigenvalue weighted by atomic mass is 15.3. The Bertz CT molecular complexity index is 430. The second-order valence-electron chi connectivity index (χ2n) is 4.92. The van der Waals surface area contributed by atoms with Crippen LogP contribution in [0.3, 0.4) is 0 Å². The average molecular weight is 203 g/mol. The van der Waals surface area contributed by atoms with Crippen molar-refractivity contribution in [1.82, 2.24) is 9.78 Å². The van der Waals surface area contributed by atoms with Crippen molar-refractivity contribution in [3.8, 4) is 0 Å². The third-order valence-electron chi connectivity index (χ3n) is 2.55. The molecule has 2 heterocycles. The normalized spacial score (nSPS) is 15.9. The molecule has 3 heteroatoms. The summed E-state index contributed by atoms with van der Waals surface area (Å²) in [6, 6.07) is 2.13. The molecule has 0 aromatic carbocycles. The highest BCUT2D eigenvalue weighted by Crippen LogP contribution is 2.23. The first-order chi connectivity index (χ1) is 6.98. The van der Waals surface area contributed by atoms with E-state index < -0.39 is 0 Å². The molecule has 0 radical (unpaired) electrons. The lowest BCUT2D eigenvalue weighted by atomic mass is 9.92. The van der Waals surface area contributed by atoms with Gasteiger partial charge in [-0.1, -0.05) is 26.8 Å². The second-order valence-corrected chi connectivity index (χ2v) is 4.92. The molecule has 0 aliphatic carbocycles. The molecule has 0 spiro atoms. The van der Waals surface area contributed by atoms with E-state index in [2.05, 4.69) is 43.0 Å². The fourth-order valence-corrected chi connectivity index (χ4v) is 1.83. The molecule has 1 aromatic rings. The zero-order chi connectivity index (χ0) is 11.1. The zero-order valence-corrected chi connectivity index (χ0v) is 9.78. The summed E-state index contributed by atoms with van der Waals surface area (Å²) in [6.07, 6.45) is 4.09. The maximum absolute atomic E-state index is 4.49. The Morgan fingerprint density at radius 1 is 1.33 bits per heavy atom. The number of aliphatic imine (C=N–C) groups is 1. The standard InChI is InChI=1S/C12H17N3/c1-12(2,3)11-8-10(14-15(11)4)9-6-5-7-13-9/h5-6,8H,7H2,1-4H3. The van der Waals surface area contributed by atoms with Crippen LogP contribution in [-0.4, -0.2) is 22.0 Å². The van der Waals surface area contributed by atoms with Crippen LogP contribution >= 0.6 is 0 Å². The molecule has 80 valence electrons. The van der Waals surface area contributed by atoms with Gasteiger partial charge >= 0.3 is 0 Å². The van der Waals surface area contributed by atoms with Crippen molar-refractivity contribution in [2.24, 2.45) is 12.0 Å². The van der Waals surface area contributed by atoms with E-state index in [0.29, 0.717) is 0 Å². The third-order valence-corrected chi connectivity index (χ3v) is 2.55.